The summed E-state index contributed by atoms with van der Waals surface area (Å²) in [4.78, 5) is 15.2. The Hall–Kier alpha value is -2.24. The highest BCUT2D eigenvalue weighted by Gasteiger charge is 2.27. The maximum absolute atomic E-state index is 12.9. The summed E-state index contributed by atoms with van der Waals surface area (Å²) in [6.07, 6.45) is 1.87. The topological polar surface area (TPSA) is 48.0 Å². The Morgan fingerprint density at radius 1 is 1.07 bits per heavy atom. The highest BCUT2D eigenvalue weighted by atomic mass is 35.5. The molecule has 28 heavy (non-hydrogen) atoms. The second kappa shape index (κ2) is 9.30. The number of ether oxygens (including phenoxy) is 3. The molecule has 2 aromatic carbocycles. The van der Waals surface area contributed by atoms with E-state index in [0.29, 0.717) is 35.2 Å². The summed E-state index contributed by atoms with van der Waals surface area (Å²) in [7, 11) is 4.87. The van der Waals surface area contributed by atoms with Crippen molar-refractivity contribution < 1.29 is 19.0 Å². The van der Waals surface area contributed by atoms with Crippen LogP contribution in [0.4, 0.5) is 0 Å². The van der Waals surface area contributed by atoms with Crippen molar-refractivity contribution >= 4 is 17.4 Å². The van der Waals surface area contributed by atoms with E-state index in [1.165, 1.54) is 0 Å². The van der Waals surface area contributed by atoms with Gasteiger partial charge in [0.15, 0.2) is 17.3 Å². The van der Waals surface area contributed by atoms with Gasteiger partial charge in [-0.1, -0.05) is 23.7 Å². The number of carbonyl (C=O) groups is 1. The third kappa shape index (κ3) is 4.59. The second-order valence-electron chi connectivity index (χ2n) is 6.97. The summed E-state index contributed by atoms with van der Waals surface area (Å²) in [5.74, 6) is 2.18. The number of piperidine rings is 1. The zero-order chi connectivity index (χ0) is 20.1. The normalized spacial score (nSPS) is 17.2. The van der Waals surface area contributed by atoms with E-state index in [2.05, 4.69) is 4.90 Å². The van der Waals surface area contributed by atoms with Crippen LogP contribution in [0, 0.1) is 5.92 Å². The molecule has 1 aliphatic heterocycles. The van der Waals surface area contributed by atoms with Crippen molar-refractivity contribution in [3.05, 3.63) is 52.5 Å². The number of halogens is 1. The molecule has 1 saturated heterocycles. The van der Waals surface area contributed by atoms with E-state index in [-0.39, 0.29) is 11.7 Å². The number of hydrogen-bond acceptors (Lipinski definition) is 5. The first-order chi connectivity index (χ1) is 13.5. The molecule has 1 aliphatic rings. The van der Waals surface area contributed by atoms with Crippen LogP contribution < -0.4 is 14.2 Å². The zero-order valence-electron chi connectivity index (χ0n) is 16.5. The van der Waals surface area contributed by atoms with Gasteiger partial charge in [-0.3, -0.25) is 9.69 Å². The van der Waals surface area contributed by atoms with Crippen LogP contribution in [-0.4, -0.2) is 45.1 Å². The van der Waals surface area contributed by atoms with Gasteiger partial charge < -0.3 is 14.2 Å². The molecule has 1 fully saturated rings. The molecule has 6 heteroatoms. The van der Waals surface area contributed by atoms with E-state index in [4.69, 9.17) is 25.8 Å². The molecule has 0 radical (unpaired) electrons. The predicted molar refractivity (Wildman–Crippen MR) is 110 cm³/mol. The lowest BCUT2D eigenvalue weighted by molar-refractivity contribution is 0.0810. The van der Waals surface area contributed by atoms with Crippen LogP contribution >= 0.6 is 11.6 Å². The fraction of sp³-hybridized carbons (Fsp3) is 0.409. The van der Waals surface area contributed by atoms with Crippen molar-refractivity contribution in [2.75, 3.05) is 34.4 Å². The molecule has 150 valence electrons. The third-order valence-corrected chi connectivity index (χ3v) is 5.40. The lowest BCUT2D eigenvalue weighted by Crippen LogP contribution is -2.38. The van der Waals surface area contributed by atoms with Crippen molar-refractivity contribution in [3.8, 4) is 17.2 Å². The summed E-state index contributed by atoms with van der Waals surface area (Å²) in [6, 6.07) is 11.0. The molecule has 1 atom stereocenters. The SMILES string of the molecule is COc1cc(OC)c(OC)cc1CN1CCC[C@H](C(=O)c2cccc(Cl)c2)C1. The number of hydrogen-bond donors (Lipinski definition) is 0. The summed E-state index contributed by atoms with van der Waals surface area (Å²) in [5.41, 5.74) is 1.69. The molecule has 0 aliphatic carbocycles. The van der Waals surface area contributed by atoms with Crippen molar-refractivity contribution in [2.24, 2.45) is 5.92 Å². The van der Waals surface area contributed by atoms with E-state index in [0.717, 1.165) is 30.7 Å². The largest absolute Gasteiger partial charge is 0.496 e. The van der Waals surface area contributed by atoms with Gasteiger partial charge in [0, 0.05) is 41.2 Å². The van der Waals surface area contributed by atoms with Gasteiger partial charge in [-0.05, 0) is 37.6 Å². The second-order valence-corrected chi connectivity index (χ2v) is 7.40. The molecular formula is C22H26ClNO4. The predicted octanol–water partition coefficient (Wildman–Crippen LogP) is 4.46. The van der Waals surface area contributed by atoms with Gasteiger partial charge >= 0.3 is 0 Å². The molecule has 5 nitrogen and oxygen atoms in total. The first kappa shape index (κ1) is 20.5. The van der Waals surface area contributed by atoms with Crippen LogP contribution in [-0.2, 0) is 6.54 Å². The Bertz CT molecular complexity index is 839. The molecule has 1 heterocycles. The van der Waals surface area contributed by atoms with Crippen molar-refractivity contribution in [2.45, 2.75) is 19.4 Å². The minimum absolute atomic E-state index is 0.0293. The maximum Gasteiger partial charge on any atom is 0.167 e. The minimum Gasteiger partial charge on any atom is -0.496 e. The summed E-state index contributed by atoms with van der Waals surface area (Å²) in [5, 5.41) is 0.591. The Balaban J connectivity index is 1.75. The Kier molecular flexibility index (Phi) is 6.81. The summed E-state index contributed by atoms with van der Waals surface area (Å²) >= 11 is 6.05. The molecular weight excluding hydrogens is 378 g/mol. The lowest BCUT2D eigenvalue weighted by Gasteiger charge is -2.32. The quantitative estimate of drug-likeness (QED) is 0.639. The number of ketones is 1. The number of benzene rings is 2. The minimum atomic E-state index is -0.0293. The summed E-state index contributed by atoms with van der Waals surface area (Å²) in [6.45, 7) is 2.34. The van der Waals surface area contributed by atoms with Gasteiger partial charge in [0.05, 0.1) is 21.3 Å². The average Bonchev–Trinajstić information content (AvgIpc) is 2.73. The third-order valence-electron chi connectivity index (χ3n) is 5.17. The van der Waals surface area contributed by atoms with E-state index < -0.39 is 0 Å². The van der Waals surface area contributed by atoms with Crippen molar-refractivity contribution in [1.82, 2.24) is 4.90 Å². The molecule has 0 aromatic heterocycles. The molecule has 0 amide bonds. The van der Waals surface area contributed by atoms with Gasteiger partial charge in [0.2, 0.25) is 0 Å². The Labute approximate surface area is 171 Å². The van der Waals surface area contributed by atoms with Gasteiger partial charge in [-0.25, -0.2) is 0 Å². The first-order valence-corrected chi connectivity index (χ1v) is 9.74. The number of rotatable bonds is 7. The van der Waals surface area contributed by atoms with Crippen molar-refractivity contribution in [3.63, 3.8) is 0 Å². The number of likely N-dealkylation sites (tertiary alicyclic amines) is 1. The zero-order valence-corrected chi connectivity index (χ0v) is 17.3. The van der Waals surface area contributed by atoms with Crippen molar-refractivity contribution in [1.29, 1.82) is 0 Å². The smallest absolute Gasteiger partial charge is 0.167 e. The van der Waals surface area contributed by atoms with Crippen LogP contribution in [0.5, 0.6) is 17.2 Å². The summed E-state index contributed by atoms with van der Waals surface area (Å²) < 4.78 is 16.3. The van der Waals surface area contributed by atoms with E-state index in [9.17, 15) is 4.79 Å². The van der Waals surface area contributed by atoms with Gasteiger partial charge in [-0.15, -0.1) is 0 Å². The van der Waals surface area contributed by atoms with Crippen LogP contribution in [0.25, 0.3) is 0 Å². The van der Waals surface area contributed by atoms with Crippen LogP contribution in [0.3, 0.4) is 0 Å². The van der Waals surface area contributed by atoms with Gasteiger partial charge in [0.1, 0.15) is 5.75 Å². The van der Waals surface area contributed by atoms with E-state index in [1.807, 2.05) is 24.3 Å². The van der Waals surface area contributed by atoms with Gasteiger partial charge in [-0.2, -0.15) is 0 Å². The average molecular weight is 404 g/mol. The Morgan fingerprint density at radius 3 is 2.46 bits per heavy atom. The fourth-order valence-electron chi connectivity index (χ4n) is 3.75. The Morgan fingerprint density at radius 2 is 1.79 bits per heavy atom. The van der Waals surface area contributed by atoms with Crippen LogP contribution in [0.1, 0.15) is 28.8 Å². The number of Topliss-reactive ketones (excluding diaryl/α,β-unsaturated/α-hetero) is 1. The number of carbonyl (C=O) groups excluding carboxylic acids is 1. The van der Waals surface area contributed by atoms with Crippen LogP contribution in [0.15, 0.2) is 36.4 Å². The van der Waals surface area contributed by atoms with Gasteiger partial charge in [0.25, 0.3) is 0 Å². The monoisotopic (exact) mass is 403 g/mol. The first-order valence-electron chi connectivity index (χ1n) is 9.36. The molecule has 0 bridgehead atoms. The van der Waals surface area contributed by atoms with E-state index in [1.54, 1.807) is 33.5 Å². The molecule has 3 rings (SSSR count). The van der Waals surface area contributed by atoms with E-state index >= 15 is 0 Å². The standard InChI is InChI=1S/C22H26ClNO4/c1-26-19-12-21(28-3)20(27-2)11-17(19)14-24-9-5-7-16(13-24)22(25)15-6-4-8-18(23)10-15/h4,6,8,10-12,16H,5,7,9,13-14H2,1-3H3/t16-/m0/s1. The molecule has 0 N–H and O–H groups in total. The lowest BCUT2D eigenvalue weighted by atomic mass is 9.90. The van der Waals surface area contributed by atoms with Crippen LogP contribution in [0.2, 0.25) is 5.02 Å². The highest BCUT2D eigenvalue weighted by Crippen LogP contribution is 2.36. The fourth-order valence-corrected chi connectivity index (χ4v) is 3.94. The molecule has 2 aromatic rings. The highest BCUT2D eigenvalue weighted by molar-refractivity contribution is 6.31. The number of methoxy groups -OCH3 is 3. The number of nitrogens with zero attached hydrogens (tertiary/aromatic N) is 1. The molecule has 0 saturated carbocycles. The molecule has 0 unspecified atom stereocenters. The maximum atomic E-state index is 12.9. The molecule has 0 spiro atoms.